The molecule has 0 atom stereocenters. The molecule has 1 aromatic carbocycles. The third kappa shape index (κ3) is 1.69. The van der Waals surface area contributed by atoms with Crippen molar-refractivity contribution < 1.29 is 9.90 Å². The number of halogens is 1. The number of carboxylic acid groups (broad SMARTS) is 1. The van der Waals surface area contributed by atoms with Crippen LogP contribution in [-0.2, 0) is 11.2 Å². The Kier molecular flexibility index (Phi) is 2.53. The maximum atomic E-state index is 11.0. The average molecular weight is 278 g/mol. The number of aromatic nitrogens is 3. The molecule has 98 valence electrons. The van der Waals surface area contributed by atoms with Gasteiger partial charge in [0.25, 0.3) is 0 Å². The lowest BCUT2D eigenvalue weighted by molar-refractivity contribution is -0.136. The number of aryl methyl sites for hydroxylation is 2. The van der Waals surface area contributed by atoms with Crippen LogP contribution in [0, 0.1) is 13.8 Å². The highest BCUT2D eigenvalue weighted by Crippen LogP contribution is 2.27. The molecule has 19 heavy (non-hydrogen) atoms. The van der Waals surface area contributed by atoms with Gasteiger partial charge >= 0.3 is 5.97 Å². The minimum atomic E-state index is -0.864. The van der Waals surface area contributed by atoms with Gasteiger partial charge in [-0.1, -0.05) is 11.6 Å². The third-order valence-electron chi connectivity index (χ3n) is 3.33. The van der Waals surface area contributed by atoms with Crippen LogP contribution in [0.5, 0.6) is 0 Å². The van der Waals surface area contributed by atoms with Gasteiger partial charge in [0.1, 0.15) is 0 Å². The number of aromatic amines is 1. The maximum absolute atomic E-state index is 11.0. The van der Waals surface area contributed by atoms with E-state index in [-0.39, 0.29) is 6.42 Å². The number of hydrogen-bond acceptors (Lipinski definition) is 2. The van der Waals surface area contributed by atoms with Gasteiger partial charge in [-0.2, -0.15) is 0 Å². The minimum absolute atomic E-state index is 0.0427. The molecule has 0 radical (unpaired) electrons. The Morgan fingerprint density at radius 3 is 2.89 bits per heavy atom. The van der Waals surface area contributed by atoms with E-state index in [4.69, 9.17) is 16.7 Å². The lowest BCUT2D eigenvalue weighted by Crippen LogP contribution is -2.04. The van der Waals surface area contributed by atoms with Gasteiger partial charge in [0.05, 0.1) is 23.1 Å². The summed E-state index contributed by atoms with van der Waals surface area (Å²) in [6.07, 6.45) is -0.0427. The molecule has 0 fully saturated rings. The lowest BCUT2D eigenvalue weighted by atomic mass is 10.2. The van der Waals surface area contributed by atoms with Crippen molar-refractivity contribution in [2.45, 2.75) is 20.3 Å². The van der Waals surface area contributed by atoms with Crippen molar-refractivity contribution in [2.75, 3.05) is 0 Å². The Balaban J connectivity index is 2.41. The molecule has 0 aliphatic heterocycles. The number of nitrogens with zero attached hydrogens (tertiary/aromatic N) is 2. The number of nitrogens with one attached hydrogen (secondary N) is 1. The van der Waals surface area contributed by atoms with E-state index in [0.29, 0.717) is 16.5 Å². The van der Waals surface area contributed by atoms with E-state index in [9.17, 15) is 4.79 Å². The summed E-state index contributed by atoms with van der Waals surface area (Å²) in [5, 5.41) is 9.67. The Morgan fingerprint density at radius 1 is 1.47 bits per heavy atom. The molecule has 0 saturated heterocycles. The number of rotatable bonds is 2. The van der Waals surface area contributed by atoms with E-state index in [0.717, 1.165) is 22.3 Å². The predicted octanol–water partition coefficient (Wildman–Crippen LogP) is 2.71. The van der Waals surface area contributed by atoms with Crippen LogP contribution in [0.25, 0.3) is 16.8 Å². The minimum Gasteiger partial charge on any atom is -0.481 e. The Morgan fingerprint density at radius 2 is 2.21 bits per heavy atom. The molecule has 3 aromatic rings. The summed E-state index contributed by atoms with van der Waals surface area (Å²) in [4.78, 5) is 18.6. The zero-order valence-electron chi connectivity index (χ0n) is 10.5. The van der Waals surface area contributed by atoms with Gasteiger partial charge in [0, 0.05) is 10.7 Å². The molecule has 5 nitrogen and oxygen atoms in total. The number of H-pyrrole nitrogens is 1. The number of carboxylic acids is 1. The van der Waals surface area contributed by atoms with Crippen molar-refractivity contribution in [1.82, 2.24) is 14.4 Å². The van der Waals surface area contributed by atoms with Gasteiger partial charge < -0.3 is 10.1 Å². The zero-order valence-corrected chi connectivity index (χ0v) is 11.2. The van der Waals surface area contributed by atoms with Crippen molar-refractivity contribution in [3.8, 4) is 0 Å². The fourth-order valence-corrected chi connectivity index (χ4v) is 2.52. The maximum Gasteiger partial charge on any atom is 0.309 e. The van der Waals surface area contributed by atoms with E-state index in [1.54, 1.807) is 6.07 Å². The Bertz CT molecular complexity index is 816. The molecule has 0 amide bonds. The number of aliphatic carboxylic acids is 1. The Labute approximate surface area is 113 Å². The molecule has 0 bridgehead atoms. The standard InChI is InChI=1S/C13H12ClN3O2/c1-6-8(14)3-4-9-12(6)16-13-15-7(2)10(17(9)13)5-11(18)19/h3-4H,5H2,1-2H3,(H,15,16)(H,18,19). The highest BCUT2D eigenvalue weighted by Gasteiger charge is 2.17. The van der Waals surface area contributed by atoms with Crippen LogP contribution in [-0.4, -0.2) is 25.4 Å². The van der Waals surface area contributed by atoms with Crippen LogP contribution in [0.2, 0.25) is 5.02 Å². The first kappa shape index (κ1) is 12.0. The second-order valence-corrected chi connectivity index (χ2v) is 4.99. The predicted molar refractivity (Wildman–Crippen MR) is 72.9 cm³/mol. The molecular weight excluding hydrogens is 266 g/mol. The lowest BCUT2D eigenvalue weighted by Gasteiger charge is -2.01. The summed E-state index contributed by atoms with van der Waals surface area (Å²) in [5.41, 5.74) is 4.10. The third-order valence-corrected chi connectivity index (χ3v) is 3.74. The quantitative estimate of drug-likeness (QED) is 0.756. The van der Waals surface area contributed by atoms with Gasteiger partial charge in [0.2, 0.25) is 5.78 Å². The summed E-state index contributed by atoms with van der Waals surface area (Å²) >= 11 is 6.08. The molecule has 6 heteroatoms. The largest absolute Gasteiger partial charge is 0.481 e. The van der Waals surface area contributed by atoms with E-state index in [2.05, 4.69) is 9.97 Å². The summed E-state index contributed by atoms with van der Waals surface area (Å²) in [6, 6.07) is 3.67. The molecule has 0 spiro atoms. The molecule has 3 rings (SSSR count). The monoisotopic (exact) mass is 277 g/mol. The molecule has 2 N–H and O–H groups in total. The number of benzene rings is 1. The fraction of sp³-hybridized carbons (Fsp3) is 0.231. The fourth-order valence-electron chi connectivity index (χ4n) is 2.37. The van der Waals surface area contributed by atoms with Crippen LogP contribution in [0.3, 0.4) is 0 Å². The van der Waals surface area contributed by atoms with Gasteiger partial charge in [-0.25, -0.2) is 4.98 Å². The van der Waals surface area contributed by atoms with E-state index in [1.165, 1.54) is 0 Å². The van der Waals surface area contributed by atoms with Crippen molar-refractivity contribution in [3.63, 3.8) is 0 Å². The first-order chi connectivity index (χ1) is 8.99. The van der Waals surface area contributed by atoms with E-state index in [1.807, 2.05) is 24.3 Å². The zero-order chi connectivity index (χ0) is 13.7. The molecule has 0 saturated carbocycles. The van der Waals surface area contributed by atoms with Gasteiger partial charge in [-0.3, -0.25) is 9.20 Å². The van der Waals surface area contributed by atoms with Crippen LogP contribution >= 0.6 is 11.6 Å². The summed E-state index contributed by atoms with van der Waals surface area (Å²) in [5.74, 6) is -0.217. The van der Waals surface area contributed by atoms with Crippen molar-refractivity contribution in [2.24, 2.45) is 0 Å². The van der Waals surface area contributed by atoms with Gasteiger partial charge in [-0.05, 0) is 31.5 Å². The van der Waals surface area contributed by atoms with Crippen molar-refractivity contribution >= 4 is 34.4 Å². The molecule has 0 aliphatic rings. The number of hydrogen-bond donors (Lipinski definition) is 2. The highest BCUT2D eigenvalue weighted by atomic mass is 35.5. The average Bonchev–Trinajstić information content (AvgIpc) is 2.82. The van der Waals surface area contributed by atoms with Crippen LogP contribution in [0.1, 0.15) is 17.0 Å². The Hall–Kier alpha value is -2.01. The summed E-state index contributed by atoms with van der Waals surface area (Å²) < 4.78 is 1.85. The van der Waals surface area contributed by atoms with Gasteiger partial charge in [-0.15, -0.1) is 0 Å². The van der Waals surface area contributed by atoms with E-state index >= 15 is 0 Å². The van der Waals surface area contributed by atoms with E-state index < -0.39 is 5.97 Å². The highest BCUT2D eigenvalue weighted by molar-refractivity contribution is 6.32. The van der Waals surface area contributed by atoms with Crippen LogP contribution < -0.4 is 0 Å². The molecule has 2 aromatic heterocycles. The van der Waals surface area contributed by atoms with Gasteiger partial charge in [0.15, 0.2) is 0 Å². The number of fused-ring (bicyclic) bond motifs is 3. The topological polar surface area (TPSA) is 70.4 Å². The second kappa shape index (κ2) is 3.99. The molecule has 0 aliphatic carbocycles. The molecular formula is C13H12ClN3O2. The number of carbonyl (C=O) groups is 1. The first-order valence-corrected chi connectivity index (χ1v) is 6.23. The van der Waals surface area contributed by atoms with Crippen molar-refractivity contribution in [1.29, 1.82) is 0 Å². The second-order valence-electron chi connectivity index (χ2n) is 4.58. The number of imidazole rings is 2. The normalized spacial score (nSPS) is 11.5. The molecule has 0 unspecified atom stereocenters. The molecule has 2 heterocycles. The summed E-state index contributed by atoms with van der Waals surface area (Å²) in [7, 11) is 0. The van der Waals surface area contributed by atoms with Crippen LogP contribution in [0.15, 0.2) is 12.1 Å². The van der Waals surface area contributed by atoms with Crippen LogP contribution in [0.4, 0.5) is 0 Å². The SMILES string of the molecule is Cc1[nH]c2nc3c(C)c(Cl)ccc3n2c1CC(=O)O. The first-order valence-electron chi connectivity index (χ1n) is 5.85. The smallest absolute Gasteiger partial charge is 0.309 e. The van der Waals surface area contributed by atoms with Crippen molar-refractivity contribution in [3.05, 3.63) is 34.1 Å². The summed E-state index contributed by atoms with van der Waals surface area (Å²) in [6.45, 7) is 3.75.